The van der Waals surface area contributed by atoms with Crippen LogP contribution in [0.5, 0.6) is 0 Å². The van der Waals surface area contributed by atoms with Gasteiger partial charge in [-0.25, -0.2) is 0 Å². The molecule has 1 unspecified atom stereocenters. The lowest BCUT2D eigenvalue weighted by Gasteiger charge is -2.32. The van der Waals surface area contributed by atoms with Gasteiger partial charge in [-0.15, -0.1) is 0 Å². The summed E-state index contributed by atoms with van der Waals surface area (Å²) in [5.41, 5.74) is 0.161. The molecule has 1 fully saturated rings. The summed E-state index contributed by atoms with van der Waals surface area (Å²) in [5.74, 6) is 4.69. The van der Waals surface area contributed by atoms with E-state index in [2.05, 4.69) is 26.6 Å². The van der Waals surface area contributed by atoms with Crippen LogP contribution in [-0.2, 0) is 9.52 Å². The molecular weight excluding hydrogens is 168 g/mol. The van der Waals surface area contributed by atoms with Crippen LogP contribution in [0.25, 0.3) is 0 Å². The fourth-order valence-corrected chi connectivity index (χ4v) is 4.55. The summed E-state index contributed by atoms with van der Waals surface area (Å²) < 4.78 is 12.1. The summed E-state index contributed by atoms with van der Waals surface area (Å²) in [5, 5.41) is 0.428. The Hall–Kier alpha value is 0.0200. The van der Waals surface area contributed by atoms with Gasteiger partial charge in [-0.3, -0.25) is 4.21 Å². The third-order valence-electron chi connectivity index (χ3n) is 2.34. The van der Waals surface area contributed by atoms with Crippen molar-refractivity contribution < 1.29 is 4.21 Å². The molecule has 0 aromatic heterocycles. The predicted octanol–water partition coefficient (Wildman–Crippen LogP) is 2.30. The van der Waals surface area contributed by atoms with Gasteiger partial charge in [0.25, 0.3) is 0 Å². The lowest BCUT2D eigenvalue weighted by Crippen LogP contribution is -2.34. The molecule has 1 rings (SSSR count). The maximum absolute atomic E-state index is 12.1. The van der Waals surface area contributed by atoms with Gasteiger partial charge in [0.1, 0.15) is 0 Å². The first-order valence-corrected chi connectivity index (χ1v) is 6.61. The molecule has 1 aliphatic carbocycles. The second kappa shape index (κ2) is 3.06. The minimum Gasteiger partial charge on any atom is -0.268 e. The van der Waals surface area contributed by atoms with Gasteiger partial charge in [0.15, 0.2) is 0 Å². The van der Waals surface area contributed by atoms with Gasteiger partial charge >= 0.3 is 0 Å². The van der Waals surface area contributed by atoms with Gasteiger partial charge < -0.3 is 0 Å². The van der Waals surface area contributed by atoms with Crippen LogP contribution in [-0.4, -0.2) is 21.1 Å². The van der Waals surface area contributed by atoms with Gasteiger partial charge in [0, 0.05) is 11.0 Å². The molecule has 2 heteroatoms. The first-order chi connectivity index (χ1) is 5.31. The molecule has 12 heavy (non-hydrogen) atoms. The minimum atomic E-state index is -1.78. The summed E-state index contributed by atoms with van der Waals surface area (Å²) in [4.78, 5) is 0. The van der Waals surface area contributed by atoms with Gasteiger partial charge in [-0.05, 0) is 33.6 Å². The van der Waals surface area contributed by atoms with Crippen LogP contribution < -0.4 is 0 Å². The molecule has 0 saturated heterocycles. The van der Waals surface area contributed by atoms with Gasteiger partial charge in [-0.2, -0.15) is 0 Å². The first-order valence-electron chi connectivity index (χ1n) is 4.65. The highest BCUT2D eigenvalue weighted by Gasteiger charge is 2.29. The van der Waals surface area contributed by atoms with E-state index in [4.69, 9.17) is 0 Å². The average molecular weight is 188 g/mol. The molecule has 72 valence electrons. The van der Waals surface area contributed by atoms with E-state index in [9.17, 15) is 4.21 Å². The van der Waals surface area contributed by atoms with Crippen molar-refractivity contribution in [1.29, 1.82) is 0 Å². The Labute approximate surface area is 76.6 Å². The Balaban J connectivity index is 2.60. The second-order valence-electron chi connectivity index (χ2n) is 5.13. The Kier molecular flexibility index (Phi) is 2.57. The largest absolute Gasteiger partial charge is 0.268 e. The summed E-state index contributed by atoms with van der Waals surface area (Å²) in [6, 6.07) is 0. The second-order valence-corrected chi connectivity index (χ2v) is 7.82. The molecule has 0 aromatic carbocycles. The van der Waals surface area contributed by atoms with E-state index >= 15 is 0 Å². The van der Waals surface area contributed by atoms with Crippen LogP contribution in [0.2, 0.25) is 0 Å². The van der Waals surface area contributed by atoms with E-state index in [1.54, 1.807) is 0 Å². The molecule has 1 saturated carbocycles. The molecule has 1 atom stereocenters. The zero-order valence-corrected chi connectivity index (χ0v) is 9.25. The van der Waals surface area contributed by atoms with E-state index in [1.165, 1.54) is 6.42 Å². The number of hydrogen-bond acceptors (Lipinski definition) is 1. The number of hydrogen-bond donors (Lipinski definition) is 0. The highest BCUT2D eigenvalue weighted by atomic mass is 32.2. The molecule has 0 heterocycles. The fraction of sp³-hybridized carbons (Fsp3) is 0.900. The third kappa shape index (κ3) is 2.51. The minimum absolute atomic E-state index is 0.161. The molecule has 0 N–H and O–H groups in total. The van der Waals surface area contributed by atoms with E-state index in [-0.39, 0.29) is 5.41 Å². The topological polar surface area (TPSA) is 17.1 Å². The SMILES string of the molecule is C=S(=O)(CC(C)(C)C)C1CCC1. The van der Waals surface area contributed by atoms with Crippen LogP contribution in [0.1, 0.15) is 40.0 Å². The van der Waals surface area contributed by atoms with Crippen molar-refractivity contribution in [3.05, 3.63) is 0 Å². The summed E-state index contributed by atoms with van der Waals surface area (Å²) in [6.45, 7) is 6.41. The molecule has 0 radical (unpaired) electrons. The third-order valence-corrected chi connectivity index (χ3v) is 5.38. The lowest BCUT2D eigenvalue weighted by molar-refractivity contribution is 0.456. The highest BCUT2D eigenvalue weighted by Crippen LogP contribution is 2.30. The molecule has 0 spiro atoms. The smallest absolute Gasteiger partial charge is 0.0272 e. The standard InChI is InChI=1S/C10H20OS/c1-10(2,3)8-12(4,11)9-6-5-7-9/h9H,4-8H2,1-3H3. The van der Waals surface area contributed by atoms with Crippen molar-refractivity contribution >= 4 is 15.4 Å². The van der Waals surface area contributed by atoms with E-state index in [0.29, 0.717) is 5.25 Å². The van der Waals surface area contributed by atoms with Crippen molar-refractivity contribution in [2.45, 2.75) is 45.3 Å². The monoisotopic (exact) mass is 188 g/mol. The Morgan fingerprint density at radius 2 is 1.92 bits per heavy atom. The van der Waals surface area contributed by atoms with Gasteiger partial charge in [0.2, 0.25) is 0 Å². The fourth-order valence-electron chi connectivity index (χ4n) is 1.65. The highest BCUT2D eigenvalue weighted by molar-refractivity contribution is 8.00. The Morgan fingerprint density at radius 1 is 1.42 bits per heavy atom. The maximum Gasteiger partial charge on any atom is 0.0272 e. The zero-order valence-electron chi connectivity index (χ0n) is 8.43. The van der Waals surface area contributed by atoms with E-state index in [1.807, 2.05) is 0 Å². The van der Waals surface area contributed by atoms with Crippen LogP contribution in [0, 0.1) is 5.41 Å². The molecular formula is C10H20OS. The van der Waals surface area contributed by atoms with Crippen molar-refractivity contribution in [3.8, 4) is 0 Å². The van der Waals surface area contributed by atoms with Crippen molar-refractivity contribution in [2.24, 2.45) is 5.41 Å². The Morgan fingerprint density at radius 3 is 2.17 bits per heavy atom. The molecule has 0 amide bonds. The van der Waals surface area contributed by atoms with Crippen molar-refractivity contribution in [2.75, 3.05) is 5.75 Å². The van der Waals surface area contributed by atoms with Crippen LogP contribution in [0.4, 0.5) is 0 Å². The maximum atomic E-state index is 12.1. The molecule has 0 bridgehead atoms. The van der Waals surface area contributed by atoms with E-state index < -0.39 is 9.52 Å². The summed E-state index contributed by atoms with van der Waals surface area (Å²) >= 11 is 0. The normalized spacial score (nSPS) is 24.6. The molecule has 1 nitrogen and oxygen atoms in total. The van der Waals surface area contributed by atoms with E-state index in [0.717, 1.165) is 18.6 Å². The van der Waals surface area contributed by atoms with Crippen LogP contribution >= 0.6 is 0 Å². The van der Waals surface area contributed by atoms with Gasteiger partial charge in [-0.1, -0.05) is 27.2 Å². The molecule has 0 aliphatic heterocycles. The Bertz CT molecular complexity index is 240. The lowest BCUT2D eigenvalue weighted by atomic mass is 9.99. The van der Waals surface area contributed by atoms with Crippen LogP contribution in [0.3, 0.4) is 0 Å². The summed E-state index contributed by atoms with van der Waals surface area (Å²) in [6.07, 6.45) is 3.53. The molecule has 1 aliphatic rings. The predicted molar refractivity (Wildman–Crippen MR) is 57.2 cm³/mol. The average Bonchev–Trinajstić information content (AvgIpc) is 1.45. The van der Waals surface area contributed by atoms with Crippen molar-refractivity contribution in [1.82, 2.24) is 0 Å². The zero-order chi connectivity index (χ0) is 9.41. The van der Waals surface area contributed by atoms with Crippen LogP contribution in [0.15, 0.2) is 0 Å². The summed E-state index contributed by atoms with van der Waals surface area (Å²) in [7, 11) is -1.78. The first kappa shape index (κ1) is 10.1. The van der Waals surface area contributed by atoms with Gasteiger partial charge in [0.05, 0.1) is 0 Å². The quantitative estimate of drug-likeness (QED) is 0.608. The number of rotatable bonds is 2. The van der Waals surface area contributed by atoms with Crippen molar-refractivity contribution in [3.63, 3.8) is 0 Å². The molecule has 0 aromatic rings.